The SMILES string of the molecule is O=c1cc(N2CC3CCCC3C2)cn[nH]1. The van der Waals surface area contributed by atoms with Gasteiger partial charge in [0.2, 0.25) is 0 Å². The van der Waals surface area contributed by atoms with Crippen LogP contribution in [0.15, 0.2) is 17.1 Å². The van der Waals surface area contributed by atoms with Crippen molar-refractivity contribution < 1.29 is 0 Å². The van der Waals surface area contributed by atoms with Gasteiger partial charge < -0.3 is 4.90 Å². The lowest BCUT2D eigenvalue weighted by Gasteiger charge is -2.18. The summed E-state index contributed by atoms with van der Waals surface area (Å²) in [7, 11) is 0. The van der Waals surface area contributed by atoms with E-state index in [0.717, 1.165) is 30.6 Å². The lowest BCUT2D eigenvalue weighted by atomic mass is 10.0. The van der Waals surface area contributed by atoms with Crippen LogP contribution in [0.5, 0.6) is 0 Å². The van der Waals surface area contributed by atoms with Gasteiger partial charge in [0.25, 0.3) is 5.56 Å². The maximum Gasteiger partial charge on any atom is 0.266 e. The Morgan fingerprint density at radius 2 is 2.07 bits per heavy atom. The van der Waals surface area contributed by atoms with Crippen molar-refractivity contribution in [2.45, 2.75) is 19.3 Å². The van der Waals surface area contributed by atoms with E-state index in [9.17, 15) is 4.79 Å². The van der Waals surface area contributed by atoms with E-state index < -0.39 is 0 Å². The van der Waals surface area contributed by atoms with Crippen molar-refractivity contribution in [1.29, 1.82) is 0 Å². The van der Waals surface area contributed by atoms with Crippen LogP contribution in [-0.4, -0.2) is 23.3 Å². The summed E-state index contributed by atoms with van der Waals surface area (Å²) in [6.45, 7) is 2.21. The Morgan fingerprint density at radius 1 is 1.33 bits per heavy atom. The number of fused-ring (bicyclic) bond motifs is 1. The van der Waals surface area contributed by atoms with Crippen molar-refractivity contribution in [1.82, 2.24) is 10.2 Å². The van der Waals surface area contributed by atoms with Gasteiger partial charge in [0.1, 0.15) is 0 Å². The zero-order valence-corrected chi connectivity index (χ0v) is 8.65. The summed E-state index contributed by atoms with van der Waals surface area (Å²) in [4.78, 5) is 13.5. The van der Waals surface area contributed by atoms with Crippen molar-refractivity contribution >= 4 is 5.69 Å². The molecule has 3 rings (SSSR count). The normalized spacial score (nSPS) is 29.5. The van der Waals surface area contributed by atoms with E-state index in [1.165, 1.54) is 19.3 Å². The molecule has 1 aromatic heterocycles. The fourth-order valence-corrected chi connectivity index (χ4v) is 2.98. The summed E-state index contributed by atoms with van der Waals surface area (Å²) < 4.78 is 0. The second kappa shape index (κ2) is 3.36. The fourth-order valence-electron chi connectivity index (χ4n) is 2.98. The lowest BCUT2D eigenvalue weighted by Crippen LogP contribution is -2.22. The zero-order chi connectivity index (χ0) is 10.3. The first-order valence-electron chi connectivity index (χ1n) is 5.62. The third kappa shape index (κ3) is 1.54. The number of hydrogen-bond acceptors (Lipinski definition) is 3. The van der Waals surface area contributed by atoms with Crippen LogP contribution in [0, 0.1) is 11.8 Å². The predicted molar refractivity (Wildman–Crippen MR) is 57.9 cm³/mol. The number of anilines is 1. The molecule has 1 saturated carbocycles. The fraction of sp³-hybridized carbons (Fsp3) is 0.636. The summed E-state index contributed by atoms with van der Waals surface area (Å²) in [5.74, 6) is 1.70. The molecule has 1 aliphatic heterocycles. The molecule has 2 aliphatic rings. The van der Waals surface area contributed by atoms with Crippen LogP contribution in [0.25, 0.3) is 0 Å². The number of nitrogens with zero attached hydrogens (tertiary/aromatic N) is 2. The summed E-state index contributed by atoms with van der Waals surface area (Å²) in [5.41, 5.74) is 0.873. The van der Waals surface area contributed by atoms with Gasteiger partial charge in [-0.3, -0.25) is 4.79 Å². The van der Waals surface area contributed by atoms with Crippen molar-refractivity contribution in [2.24, 2.45) is 11.8 Å². The molecule has 15 heavy (non-hydrogen) atoms. The van der Waals surface area contributed by atoms with Crippen LogP contribution in [0.3, 0.4) is 0 Å². The molecule has 4 nitrogen and oxygen atoms in total. The first-order chi connectivity index (χ1) is 7.33. The highest BCUT2D eigenvalue weighted by atomic mass is 16.1. The smallest absolute Gasteiger partial charge is 0.266 e. The first-order valence-corrected chi connectivity index (χ1v) is 5.62. The van der Waals surface area contributed by atoms with Crippen molar-refractivity contribution in [3.63, 3.8) is 0 Å². The standard InChI is InChI=1S/C11H15N3O/c15-11-4-10(5-12-13-11)14-6-8-2-1-3-9(8)7-14/h4-5,8-9H,1-3,6-7H2,(H,13,15). The van der Waals surface area contributed by atoms with Gasteiger partial charge in [-0.15, -0.1) is 0 Å². The highest BCUT2D eigenvalue weighted by Gasteiger charge is 2.36. The van der Waals surface area contributed by atoms with Gasteiger partial charge in [-0.05, 0) is 24.7 Å². The number of nitrogens with one attached hydrogen (secondary N) is 1. The van der Waals surface area contributed by atoms with E-state index >= 15 is 0 Å². The summed E-state index contributed by atoms with van der Waals surface area (Å²) in [5, 5.41) is 6.26. The molecule has 0 amide bonds. The van der Waals surface area contributed by atoms with Crippen molar-refractivity contribution in [2.75, 3.05) is 18.0 Å². The van der Waals surface area contributed by atoms with Crippen molar-refractivity contribution in [3.05, 3.63) is 22.6 Å². The maximum atomic E-state index is 11.1. The minimum atomic E-state index is -0.107. The van der Waals surface area contributed by atoms with E-state index in [2.05, 4.69) is 15.1 Å². The quantitative estimate of drug-likeness (QED) is 0.744. The Hall–Kier alpha value is -1.32. The molecular weight excluding hydrogens is 190 g/mol. The van der Waals surface area contributed by atoms with E-state index in [1.54, 1.807) is 12.3 Å². The minimum Gasteiger partial charge on any atom is -0.369 e. The number of aromatic nitrogens is 2. The molecule has 0 radical (unpaired) electrons. The Labute approximate surface area is 88.3 Å². The van der Waals surface area contributed by atoms with Crippen LogP contribution in [-0.2, 0) is 0 Å². The molecule has 2 atom stereocenters. The number of rotatable bonds is 1. The van der Waals surface area contributed by atoms with Crippen molar-refractivity contribution in [3.8, 4) is 0 Å². The van der Waals surface area contributed by atoms with Crippen LogP contribution in [0.2, 0.25) is 0 Å². The largest absolute Gasteiger partial charge is 0.369 e. The second-order valence-corrected chi connectivity index (χ2v) is 4.66. The van der Waals surface area contributed by atoms with Gasteiger partial charge >= 0.3 is 0 Å². The average Bonchev–Trinajstić information content (AvgIpc) is 2.76. The maximum absolute atomic E-state index is 11.1. The third-order valence-corrected chi connectivity index (χ3v) is 3.74. The monoisotopic (exact) mass is 205 g/mol. The molecule has 4 heteroatoms. The molecular formula is C11H15N3O. The molecule has 80 valence electrons. The lowest BCUT2D eigenvalue weighted by molar-refractivity contribution is 0.494. The van der Waals surface area contributed by atoms with Gasteiger partial charge in [0.15, 0.2) is 0 Å². The van der Waals surface area contributed by atoms with Gasteiger partial charge in [-0.1, -0.05) is 6.42 Å². The number of aromatic amines is 1. The molecule has 0 aromatic carbocycles. The molecule has 0 bridgehead atoms. The topological polar surface area (TPSA) is 49.0 Å². The molecule has 1 aromatic rings. The van der Waals surface area contributed by atoms with Crippen LogP contribution >= 0.6 is 0 Å². The van der Waals surface area contributed by atoms with Crippen LogP contribution in [0.1, 0.15) is 19.3 Å². The molecule has 0 spiro atoms. The molecule has 2 fully saturated rings. The Morgan fingerprint density at radius 3 is 2.73 bits per heavy atom. The highest BCUT2D eigenvalue weighted by Crippen LogP contribution is 2.38. The summed E-state index contributed by atoms with van der Waals surface area (Å²) >= 11 is 0. The van der Waals surface area contributed by atoms with Gasteiger partial charge in [0, 0.05) is 19.2 Å². The van der Waals surface area contributed by atoms with Crippen LogP contribution in [0.4, 0.5) is 5.69 Å². The van der Waals surface area contributed by atoms with Gasteiger partial charge in [-0.25, -0.2) is 5.10 Å². The molecule has 2 unspecified atom stereocenters. The van der Waals surface area contributed by atoms with E-state index in [0.29, 0.717) is 0 Å². The van der Waals surface area contributed by atoms with E-state index in [-0.39, 0.29) is 5.56 Å². The van der Waals surface area contributed by atoms with Gasteiger partial charge in [-0.2, -0.15) is 5.10 Å². The second-order valence-electron chi connectivity index (χ2n) is 4.66. The zero-order valence-electron chi connectivity index (χ0n) is 8.65. The molecule has 1 aliphatic carbocycles. The molecule has 1 saturated heterocycles. The number of hydrogen-bond donors (Lipinski definition) is 1. The number of H-pyrrole nitrogens is 1. The summed E-state index contributed by atoms with van der Waals surface area (Å²) in [6, 6.07) is 1.65. The molecule has 1 N–H and O–H groups in total. The minimum absolute atomic E-state index is 0.107. The average molecular weight is 205 g/mol. The summed E-state index contributed by atoms with van der Waals surface area (Å²) in [6.07, 6.45) is 5.86. The van der Waals surface area contributed by atoms with Crippen LogP contribution < -0.4 is 10.5 Å². The molecule has 2 heterocycles. The van der Waals surface area contributed by atoms with E-state index in [4.69, 9.17) is 0 Å². The Balaban J connectivity index is 1.82. The van der Waals surface area contributed by atoms with Gasteiger partial charge in [0.05, 0.1) is 11.9 Å². The third-order valence-electron chi connectivity index (χ3n) is 3.74. The Kier molecular flexibility index (Phi) is 2.01. The highest BCUT2D eigenvalue weighted by molar-refractivity contribution is 5.44. The Bertz CT molecular complexity index is 402. The van der Waals surface area contributed by atoms with E-state index in [1.807, 2.05) is 0 Å². The first kappa shape index (κ1) is 8.95. The predicted octanol–water partition coefficient (Wildman–Crippen LogP) is 1.01.